The maximum atomic E-state index is 13.1. The van der Waals surface area contributed by atoms with Gasteiger partial charge in [-0.15, -0.1) is 0 Å². The van der Waals surface area contributed by atoms with E-state index in [1.807, 2.05) is 0 Å². The summed E-state index contributed by atoms with van der Waals surface area (Å²) in [6.45, 7) is 1.85. The molecule has 0 spiro atoms. The second-order valence-electron chi connectivity index (χ2n) is 5.53. The molecule has 2 amide bonds. The van der Waals surface area contributed by atoms with Crippen molar-refractivity contribution in [2.45, 2.75) is 23.8 Å². The van der Waals surface area contributed by atoms with Crippen LogP contribution in [0.4, 0.5) is 15.9 Å². The molecule has 1 unspecified atom stereocenters. The average Bonchev–Trinajstić information content (AvgIpc) is 2.90. The summed E-state index contributed by atoms with van der Waals surface area (Å²) in [5.41, 5.74) is 6.09. The second-order valence-corrected chi connectivity index (χ2v) is 6.70. The number of carbonyl (C=O) groups excluding carboxylic acids is 3. The van der Waals surface area contributed by atoms with Crippen LogP contribution in [-0.4, -0.2) is 39.6 Å². The van der Waals surface area contributed by atoms with Crippen LogP contribution in [0, 0.1) is 5.82 Å². The molecular formula is C17H15FN4O4S. The molecule has 2 heterocycles. The molecule has 1 aromatic heterocycles. The summed E-state index contributed by atoms with van der Waals surface area (Å²) < 4.78 is 17.9. The Balaban J connectivity index is 1.76. The van der Waals surface area contributed by atoms with Crippen molar-refractivity contribution < 1.29 is 23.5 Å². The number of aromatic nitrogens is 2. The fraction of sp³-hybridized carbons (Fsp3) is 0.235. The molecule has 0 saturated carbocycles. The predicted octanol–water partition coefficient (Wildman–Crippen LogP) is 1.80. The Morgan fingerprint density at radius 2 is 2.07 bits per heavy atom. The summed E-state index contributed by atoms with van der Waals surface area (Å²) in [5.74, 6) is -2.03. The standard InChI is InChI=1S/C17H15FN4O4S/c1-2-26-16(25)11-8-20-17(21-14(11)19)27-12-7-13(23)22(15(12)24)10-5-3-9(18)4-6-10/h3-6,8,12H,2,7H2,1H3,(H2,19,20,21). The summed E-state index contributed by atoms with van der Waals surface area (Å²) in [5, 5.41) is -0.581. The monoisotopic (exact) mass is 390 g/mol. The summed E-state index contributed by atoms with van der Waals surface area (Å²) in [4.78, 5) is 45.6. The molecule has 1 atom stereocenters. The van der Waals surface area contributed by atoms with Crippen molar-refractivity contribution in [3.63, 3.8) is 0 Å². The highest BCUT2D eigenvalue weighted by Crippen LogP contribution is 2.33. The number of halogens is 1. The van der Waals surface area contributed by atoms with Gasteiger partial charge >= 0.3 is 5.97 Å². The van der Waals surface area contributed by atoms with Gasteiger partial charge in [-0.25, -0.2) is 24.1 Å². The molecule has 0 radical (unpaired) electrons. The molecule has 140 valence electrons. The zero-order valence-electron chi connectivity index (χ0n) is 14.2. The summed E-state index contributed by atoms with van der Waals surface area (Å²) >= 11 is 0.972. The van der Waals surface area contributed by atoms with Crippen LogP contribution in [-0.2, 0) is 14.3 Å². The van der Waals surface area contributed by atoms with Crippen LogP contribution in [0.15, 0.2) is 35.6 Å². The molecule has 2 aromatic rings. The van der Waals surface area contributed by atoms with Crippen LogP contribution in [0.3, 0.4) is 0 Å². The van der Waals surface area contributed by atoms with Gasteiger partial charge in [-0.05, 0) is 31.2 Å². The van der Waals surface area contributed by atoms with Gasteiger partial charge in [0.2, 0.25) is 11.8 Å². The first-order chi connectivity index (χ1) is 12.9. The van der Waals surface area contributed by atoms with Crippen LogP contribution >= 0.6 is 11.8 Å². The quantitative estimate of drug-likeness (QED) is 0.467. The number of esters is 1. The first kappa shape index (κ1) is 18.8. The summed E-state index contributed by atoms with van der Waals surface area (Å²) in [7, 11) is 0. The highest BCUT2D eigenvalue weighted by molar-refractivity contribution is 8.00. The predicted molar refractivity (Wildman–Crippen MR) is 95.6 cm³/mol. The Hall–Kier alpha value is -3.01. The van der Waals surface area contributed by atoms with Crippen molar-refractivity contribution in [3.8, 4) is 0 Å². The molecular weight excluding hydrogens is 375 g/mol. The average molecular weight is 390 g/mol. The Morgan fingerprint density at radius 1 is 1.37 bits per heavy atom. The van der Waals surface area contributed by atoms with Crippen LogP contribution in [0.5, 0.6) is 0 Å². The number of hydrogen-bond acceptors (Lipinski definition) is 8. The van der Waals surface area contributed by atoms with E-state index in [0.717, 1.165) is 16.7 Å². The fourth-order valence-corrected chi connectivity index (χ4v) is 3.44. The summed E-state index contributed by atoms with van der Waals surface area (Å²) in [6, 6.07) is 5.07. The Bertz CT molecular complexity index is 906. The van der Waals surface area contributed by atoms with E-state index in [-0.39, 0.29) is 29.6 Å². The number of benzene rings is 1. The number of carbonyl (C=O) groups is 3. The van der Waals surface area contributed by atoms with Gasteiger partial charge in [0.1, 0.15) is 22.4 Å². The minimum Gasteiger partial charge on any atom is -0.462 e. The fourth-order valence-electron chi connectivity index (χ4n) is 2.49. The number of imide groups is 1. The molecule has 1 aromatic carbocycles. The van der Waals surface area contributed by atoms with Crippen LogP contribution in [0.25, 0.3) is 0 Å². The molecule has 3 rings (SSSR count). The number of nitrogens with zero attached hydrogens (tertiary/aromatic N) is 3. The molecule has 0 bridgehead atoms. The lowest BCUT2D eigenvalue weighted by Gasteiger charge is -2.14. The van der Waals surface area contributed by atoms with Crippen molar-refractivity contribution in [2.75, 3.05) is 17.2 Å². The van der Waals surface area contributed by atoms with Gasteiger partial charge in [0.25, 0.3) is 0 Å². The van der Waals surface area contributed by atoms with Gasteiger partial charge in [-0.3, -0.25) is 9.59 Å². The Morgan fingerprint density at radius 3 is 2.70 bits per heavy atom. The van der Waals surface area contributed by atoms with Crippen molar-refractivity contribution in [2.24, 2.45) is 0 Å². The number of ether oxygens (including phenoxy) is 1. The smallest absolute Gasteiger partial charge is 0.343 e. The van der Waals surface area contributed by atoms with Gasteiger partial charge in [-0.2, -0.15) is 0 Å². The van der Waals surface area contributed by atoms with Gasteiger partial charge in [-0.1, -0.05) is 11.8 Å². The molecule has 8 nitrogen and oxygen atoms in total. The minimum atomic E-state index is -0.740. The Labute approximate surface area is 157 Å². The first-order valence-electron chi connectivity index (χ1n) is 7.99. The normalized spacial score (nSPS) is 16.7. The van der Waals surface area contributed by atoms with Crippen molar-refractivity contribution in [3.05, 3.63) is 41.8 Å². The van der Waals surface area contributed by atoms with Crippen molar-refractivity contribution in [1.82, 2.24) is 9.97 Å². The second kappa shape index (κ2) is 7.70. The molecule has 1 fully saturated rings. The number of amides is 2. The van der Waals surface area contributed by atoms with E-state index in [9.17, 15) is 18.8 Å². The van der Waals surface area contributed by atoms with E-state index in [4.69, 9.17) is 10.5 Å². The first-order valence-corrected chi connectivity index (χ1v) is 8.87. The molecule has 1 aliphatic rings. The zero-order chi connectivity index (χ0) is 19.6. The van der Waals surface area contributed by atoms with E-state index in [1.54, 1.807) is 6.92 Å². The van der Waals surface area contributed by atoms with Crippen molar-refractivity contribution in [1.29, 1.82) is 0 Å². The maximum Gasteiger partial charge on any atom is 0.343 e. The molecule has 10 heteroatoms. The van der Waals surface area contributed by atoms with Crippen LogP contribution in [0.2, 0.25) is 0 Å². The van der Waals surface area contributed by atoms with Crippen molar-refractivity contribution >= 4 is 41.1 Å². The number of rotatable bonds is 5. The minimum absolute atomic E-state index is 0.0305. The van der Waals surface area contributed by atoms with E-state index in [2.05, 4.69) is 9.97 Å². The summed E-state index contributed by atoms with van der Waals surface area (Å²) in [6.07, 6.45) is 1.17. The van der Waals surface area contributed by atoms with E-state index in [0.29, 0.717) is 5.69 Å². The third-order valence-electron chi connectivity index (χ3n) is 3.73. The van der Waals surface area contributed by atoms with Gasteiger partial charge < -0.3 is 10.5 Å². The largest absolute Gasteiger partial charge is 0.462 e. The zero-order valence-corrected chi connectivity index (χ0v) is 15.0. The van der Waals surface area contributed by atoms with E-state index in [1.165, 1.54) is 30.5 Å². The SMILES string of the molecule is CCOC(=O)c1cnc(SC2CC(=O)N(c3ccc(F)cc3)C2=O)nc1N. The van der Waals surface area contributed by atoms with Gasteiger partial charge in [0, 0.05) is 12.6 Å². The Kier molecular flexibility index (Phi) is 5.36. The van der Waals surface area contributed by atoms with Gasteiger partial charge in [0.15, 0.2) is 5.16 Å². The number of nitrogen functional groups attached to an aromatic ring is 1. The molecule has 2 N–H and O–H groups in total. The van der Waals surface area contributed by atoms with Gasteiger partial charge in [0.05, 0.1) is 12.3 Å². The third kappa shape index (κ3) is 3.90. The molecule has 0 aliphatic carbocycles. The third-order valence-corrected chi connectivity index (χ3v) is 4.79. The number of hydrogen-bond donors (Lipinski definition) is 1. The lowest BCUT2D eigenvalue weighted by atomic mass is 10.3. The van der Waals surface area contributed by atoms with Crippen LogP contribution in [0.1, 0.15) is 23.7 Å². The van der Waals surface area contributed by atoms with Crippen LogP contribution < -0.4 is 10.6 Å². The molecule has 1 saturated heterocycles. The number of thioether (sulfide) groups is 1. The molecule has 27 heavy (non-hydrogen) atoms. The number of anilines is 2. The highest BCUT2D eigenvalue weighted by atomic mass is 32.2. The topological polar surface area (TPSA) is 115 Å². The lowest BCUT2D eigenvalue weighted by Crippen LogP contribution is -2.31. The molecule has 1 aliphatic heterocycles. The van der Waals surface area contributed by atoms with E-state index >= 15 is 0 Å². The van der Waals surface area contributed by atoms with E-state index < -0.39 is 28.9 Å². The highest BCUT2D eigenvalue weighted by Gasteiger charge is 2.40. The lowest BCUT2D eigenvalue weighted by molar-refractivity contribution is -0.121. The number of nitrogens with two attached hydrogens (primary N) is 1. The maximum absolute atomic E-state index is 13.1.